The first-order valence-corrected chi connectivity index (χ1v) is 8.65. The summed E-state index contributed by atoms with van der Waals surface area (Å²) in [7, 11) is 0. The fourth-order valence-electron chi connectivity index (χ4n) is 3.25. The van der Waals surface area contributed by atoms with Crippen molar-refractivity contribution in [1.82, 2.24) is 24.8 Å². The van der Waals surface area contributed by atoms with Crippen molar-refractivity contribution in [2.45, 2.75) is 44.8 Å². The molecule has 0 amide bonds. The SMILES string of the molecule is CC1(C)CCCC(CNc2ccc3nnc(-c4ccncc4)n3n2)O1. The summed E-state index contributed by atoms with van der Waals surface area (Å²) in [4.78, 5) is 4.04. The summed E-state index contributed by atoms with van der Waals surface area (Å²) in [5, 5.41) is 16.5. The number of pyridine rings is 1. The van der Waals surface area contributed by atoms with E-state index in [1.54, 1.807) is 16.9 Å². The lowest BCUT2D eigenvalue weighted by Crippen LogP contribution is -2.38. The molecule has 1 N–H and O–H groups in total. The summed E-state index contributed by atoms with van der Waals surface area (Å²) in [6.07, 6.45) is 7.07. The molecule has 4 heterocycles. The van der Waals surface area contributed by atoms with E-state index in [1.165, 1.54) is 6.42 Å². The second-order valence-electron chi connectivity index (χ2n) is 7.02. The van der Waals surface area contributed by atoms with Crippen LogP contribution in [0.2, 0.25) is 0 Å². The van der Waals surface area contributed by atoms with E-state index in [2.05, 4.69) is 39.4 Å². The molecule has 130 valence electrons. The van der Waals surface area contributed by atoms with Crippen LogP contribution in [-0.2, 0) is 4.74 Å². The van der Waals surface area contributed by atoms with Gasteiger partial charge in [-0.2, -0.15) is 4.52 Å². The number of hydrogen-bond donors (Lipinski definition) is 1. The van der Waals surface area contributed by atoms with Crippen LogP contribution in [0.25, 0.3) is 17.0 Å². The standard InChI is InChI=1S/C18H22N6O/c1-18(2)9-3-4-14(25-18)12-20-15-5-6-16-21-22-17(24(16)23-15)13-7-10-19-11-8-13/h5-8,10-11,14H,3-4,9,12H2,1-2H3,(H,20,23). The Kier molecular flexibility index (Phi) is 4.09. The van der Waals surface area contributed by atoms with Gasteiger partial charge in [0.15, 0.2) is 11.5 Å². The lowest BCUT2D eigenvalue weighted by molar-refractivity contribution is -0.100. The highest BCUT2D eigenvalue weighted by Gasteiger charge is 2.28. The largest absolute Gasteiger partial charge is 0.371 e. The van der Waals surface area contributed by atoms with Gasteiger partial charge in [0, 0.05) is 24.5 Å². The van der Waals surface area contributed by atoms with E-state index < -0.39 is 0 Å². The van der Waals surface area contributed by atoms with Gasteiger partial charge >= 0.3 is 0 Å². The molecule has 0 aliphatic carbocycles. The van der Waals surface area contributed by atoms with Crippen molar-refractivity contribution >= 4 is 11.5 Å². The first-order valence-electron chi connectivity index (χ1n) is 8.65. The van der Waals surface area contributed by atoms with Crippen molar-refractivity contribution in [1.29, 1.82) is 0 Å². The van der Waals surface area contributed by atoms with Gasteiger partial charge in [-0.05, 0) is 57.4 Å². The fourth-order valence-corrected chi connectivity index (χ4v) is 3.25. The average Bonchev–Trinajstić information content (AvgIpc) is 3.03. The van der Waals surface area contributed by atoms with Gasteiger partial charge in [-0.3, -0.25) is 4.98 Å². The van der Waals surface area contributed by atoms with Gasteiger partial charge < -0.3 is 10.1 Å². The number of hydrogen-bond acceptors (Lipinski definition) is 6. The van der Waals surface area contributed by atoms with Gasteiger partial charge in [0.2, 0.25) is 0 Å². The molecule has 7 heteroatoms. The van der Waals surface area contributed by atoms with Crippen molar-refractivity contribution in [3.63, 3.8) is 0 Å². The molecule has 1 saturated heterocycles. The molecule has 0 spiro atoms. The van der Waals surface area contributed by atoms with Gasteiger partial charge in [-0.1, -0.05) is 0 Å². The number of anilines is 1. The monoisotopic (exact) mass is 338 g/mol. The molecule has 1 fully saturated rings. The quantitative estimate of drug-likeness (QED) is 0.788. The van der Waals surface area contributed by atoms with E-state index in [0.29, 0.717) is 11.5 Å². The van der Waals surface area contributed by atoms with Crippen LogP contribution in [0.5, 0.6) is 0 Å². The third kappa shape index (κ3) is 3.46. The predicted octanol–water partition coefficient (Wildman–Crippen LogP) is 2.95. The Bertz CT molecular complexity index is 860. The highest BCUT2D eigenvalue weighted by molar-refractivity contribution is 5.58. The summed E-state index contributed by atoms with van der Waals surface area (Å²) >= 11 is 0. The Morgan fingerprint density at radius 3 is 2.84 bits per heavy atom. The smallest absolute Gasteiger partial charge is 0.185 e. The maximum atomic E-state index is 6.13. The van der Waals surface area contributed by atoms with Gasteiger partial charge in [0.25, 0.3) is 0 Å². The van der Waals surface area contributed by atoms with Gasteiger partial charge in [-0.25, -0.2) is 0 Å². The molecule has 3 aromatic rings. The highest BCUT2D eigenvalue weighted by Crippen LogP contribution is 2.28. The Morgan fingerprint density at radius 1 is 1.20 bits per heavy atom. The van der Waals surface area contributed by atoms with Gasteiger partial charge in [0.05, 0.1) is 11.7 Å². The topological polar surface area (TPSA) is 77.2 Å². The molecule has 1 atom stereocenters. The summed E-state index contributed by atoms with van der Waals surface area (Å²) in [6.45, 7) is 5.05. The lowest BCUT2D eigenvalue weighted by atomic mass is 9.95. The molecule has 0 radical (unpaired) electrons. The van der Waals surface area contributed by atoms with E-state index in [4.69, 9.17) is 4.74 Å². The minimum atomic E-state index is -0.0369. The molecular weight excluding hydrogens is 316 g/mol. The molecule has 0 bridgehead atoms. The minimum absolute atomic E-state index is 0.0369. The van der Waals surface area contributed by atoms with E-state index in [0.717, 1.165) is 30.8 Å². The van der Waals surface area contributed by atoms with Crippen LogP contribution in [0.4, 0.5) is 5.82 Å². The summed E-state index contributed by atoms with van der Waals surface area (Å²) in [6, 6.07) is 7.64. The van der Waals surface area contributed by atoms with Crippen molar-refractivity contribution in [3.05, 3.63) is 36.7 Å². The Balaban J connectivity index is 1.53. The second-order valence-corrected chi connectivity index (χ2v) is 7.02. The van der Waals surface area contributed by atoms with E-state index in [-0.39, 0.29) is 11.7 Å². The summed E-state index contributed by atoms with van der Waals surface area (Å²) in [5.74, 6) is 1.49. The van der Waals surface area contributed by atoms with E-state index in [1.807, 2.05) is 24.3 Å². The Morgan fingerprint density at radius 2 is 2.04 bits per heavy atom. The molecule has 3 aromatic heterocycles. The second kappa shape index (κ2) is 6.40. The van der Waals surface area contributed by atoms with E-state index in [9.17, 15) is 0 Å². The minimum Gasteiger partial charge on any atom is -0.371 e. The zero-order valence-corrected chi connectivity index (χ0v) is 14.5. The molecule has 0 aromatic carbocycles. The van der Waals surface area contributed by atoms with Crippen LogP contribution in [-0.4, -0.2) is 43.0 Å². The van der Waals surface area contributed by atoms with Crippen molar-refractivity contribution < 1.29 is 4.74 Å². The Hall–Kier alpha value is -2.54. The molecule has 4 rings (SSSR count). The average molecular weight is 338 g/mol. The molecule has 1 aliphatic heterocycles. The van der Waals surface area contributed by atoms with Crippen LogP contribution >= 0.6 is 0 Å². The zero-order valence-electron chi connectivity index (χ0n) is 14.5. The Labute approximate surface area is 146 Å². The van der Waals surface area contributed by atoms with E-state index >= 15 is 0 Å². The molecule has 0 saturated carbocycles. The summed E-state index contributed by atoms with van der Waals surface area (Å²) < 4.78 is 7.89. The van der Waals surface area contributed by atoms with Crippen LogP contribution in [0.15, 0.2) is 36.7 Å². The van der Waals surface area contributed by atoms with Crippen LogP contribution in [0, 0.1) is 0 Å². The fraction of sp³-hybridized carbons (Fsp3) is 0.444. The molecule has 25 heavy (non-hydrogen) atoms. The first-order chi connectivity index (χ1) is 12.1. The number of fused-ring (bicyclic) bond motifs is 1. The number of rotatable bonds is 4. The van der Waals surface area contributed by atoms with Gasteiger partial charge in [-0.15, -0.1) is 15.3 Å². The van der Waals surface area contributed by atoms with Crippen molar-refractivity contribution in [3.8, 4) is 11.4 Å². The number of nitrogens with one attached hydrogen (secondary N) is 1. The third-order valence-electron chi connectivity index (χ3n) is 4.50. The number of ether oxygens (including phenoxy) is 1. The molecular formula is C18H22N6O. The van der Waals surface area contributed by atoms with Crippen molar-refractivity contribution in [2.24, 2.45) is 0 Å². The molecule has 1 unspecified atom stereocenters. The summed E-state index contributed by atoms with van der Waals surface area (Å²) in [5.41, 5.74) is 1.61. The van der Waals surface area contributed by atoms with Gasteiger partial charge in [0.1, 0.15) is 5.82 Å². The van der Waals surface area contributed by atoms with Crippen molar-refractivity contribution in [2.75, 3.05) is 11.9 Å². The predicted molar refractivity (Wildman–Crippen MR) is 95.3 cm³/mol. The van der Waals surface area contributed by atoms with Crippen LogP contribution in [0.3, 0.4) is 0 Å². The van der Waals surface area contributed by atoms with Crippen LogP contribution in [0.1, 0.15) is 33.1 Å². The molecule has 1 aliphatic rings. The lowest BCUT2D eigenvalue weighted by Gasteiger charge is -2.36. The first kappa shape index (κ1) is 16.0. The number of aromatic nitrogens is 5. The number of nitrogens with zero attached hydrogens (tertiary/aromatic N) is 5. The highest BCUT2D eigenvalue weighted by atomic mass is 16.5. The van der Waals surface area contributed by atoms with Crippen LogP contribution < -0.4 is 5.32 Å². The third-order valence-corrected chi connectivity index (χ3v) is 4.50. The maximum Gasteiger partial charge on any atom is 0.185 e. The molecule has 7 nitrogen and oxygen atoms in total. The zero-order chi connectivity index (χ0) is 17.3. The maximum absolute atomic E-state index is 6.13. The normalized spacial score (nSPS) is 19.8.